The SMILES string of the molecule is CC(C)(O)C(=O)c1cc2cc(Cl)ccc2o1. The number of aliphatic hydroxyl groups is 1. The highest BCUT2D eigenvalue weighted by Gasteiger charge is 2.28. The number of carbonyl (C=O) groups is 1. The highest BCUT2D eigenvalue weighted by molar-refractivity contribution is 6.31. The number of carbonyl (C=O) groups excluding carboxylic acids is 1. The van der Waals surface area contributed by atoms with E-state index in [2.05, 4.69) is 0 Å². The van der Waals surface area contributed by atoms with Gasteiger partial charge in [-0.05, 0) is 38.1 Å². The van der Waals surface area contributed by atoms with Crippen LogP contribution in [0.15, 0.2) is 28.7 Å². The van der Waals surface area contributed by atoms with E-state index in [1.54, 1.807) is 24.3 Å². The molecule has 0 fully saturated rings. The third-order valence-electron chi connectivity index (χ3n) is 2.26. The van der Waals surface area contributed by atoms with Crippen molar-refractivity contribution in [2.24, 2.45) is 0 Å². The molecule has 1 aromatic carbocycles. The maximum atomic E-state index is 11.7. The van der Waals surface area contributed by atoms with Gasteiger partial charge in [0.25, 0.3) is 0 Å². The van der Waals surface area contributed by atoms with Crippen molar-refractivity contribution in [2.45, 2.75) is 19.4 Å². The fraction of sp³-hybridized carbons (Fsp3) is 0.250. The van der Waals surface area contributed by atoms with E-state index in [-0.39, 0.29) is 5.76 Å². The number of ketones is 1. The predicted octanol–water partition coefficient (Wildman–Crippen LogP) is 3.04. The van der Waals surface area contributed by atoms with Gasteiger partial charge in [0.15, 0.2) is 5.76 Å². The molecule has 1 heterocycles. The largest absolute Gasteiger partial charge is 0.453 e. The summed E-state index contributed by atoms with van der Waals surface area (Å²) in [6, 6.07) is 6.67. The van der Waals surface area contributed by atoms with Crippen molar-refractivity contribution in [1.82, 2.24) is 0 Å². The first-order chi connectivity index (χ1) is 7.38. The summed E-state index contributed by atoms with van der Waals surface area (Å²) in [5.74, 6) is -0.301. The van der Waals surface area contributed by atoms with Crippen LogP contribution in [0.3, 0.4) is 0 Å². The number of Topliss-reactive ketones (excluding diaryl/α,β-unsaturated/α-hetero) is 1. The first kappa shape index (κ1) is 11.2. The quantitative estimate of drug-likeness (QED) is 0.819. The molecule has 2 aromatic rings. The molecule has 0 radical (unpaired) electrons. The van der Waals surface area contributed by atoms with Crippen molar-refractivity contribution in [3.8, 4) is 0 Å². The molecule has 0 aliphatic carbocycles. The van der Waals surface area contributed by atoms with Crippen molar-refractivity contribution in [3.63, 3.8) is 0 Å². The van der Waals surface area contributed by atoms with E-state index in [1.807, 2.05) is 0 Å². The van der Waals surface area contributed by atoms with E-state index in [9.17, 15) is 9.90 Å². The molecule has 16 heavy (non-hydrogen) atoms. The molecular weight excluding hydrogens is 228 g/mol. The Bertz CT molecular complexity index is 549. The summed E-state index contributed by atoms with van der Waals surface area (Å²) in [4.78, 5) is 11.7. The molecule has 0 aliphatic rings. The minimum atomic E-state index is -1.43. The van der Waals surface area contributed by atoms with Crippen LogP contribution < -0.4 is 0 Å². The fourth-order valence-corrected chi connectivity index (χ4v) is 1.61. The van der Waals surface area contributed by atoms with Crippen molar-refractivity contribution in [3.05, 3.63) is 35.0 Å². The standard InChI is InChI=1S/C12H11ClO3/c1-12(2,15)11(14)10-6-7-5-8(13)3-4-9(7)16-10/h3-6,15H,1-2H3. The zero-order valence-electron chi connectivity index (χ0n) is 8.95. The Morgan fingerprint density at radius 2 is 2.06 bits per heavy atom. The second-order valence-electron chi connectivity index (χ2n) is 4.18. The van der Waals surface area contributed by atoms with Gasteiger partial charge in [-0.25, -0.2) is 0 Å². The number of hydrogen-bond acceptors (Lipinski definition) is 3. The fourth-order valence-electron chi connectivity index (χ4n) is 1.43. The van der Waals surface area contributed by atoms with E-state index in [0.717, 1.165) is 5.39 Å². The highest BCUT2D eigenvalue weighted by Crippen LogP contribution is 2.25. The third kappa shape index (κ3) is 1.96. The maximum Gasteiger partial charge on any atom is 0.228 e. The van der Waals surface area contributed by atoms with Crippen LogP contribution in [-0.2, 0) is 0 Å². The number of hydrogen-bond donors (Lipinski definition) is 1. The number of halogens is 1. The molecule has 0 aliphatic heterocycles. The summed E-state index contributed by atoms with van der Waals surface area (Å²) < 4.78 is 5.34. The van der Waals surface area contributed by atoms with Crippen molar-refractivity contribution < 1.29 is 14.3 Å². The minimum absolute atomic E-state index is 0.143. The molecule has 0 bridgehead atoms. The van der Waals surface area contributed by atoms with Crippen LogP contribution in [0, 0.1) is 0 Å². The van der Waals surface area contributed by atoms with Gasteiger partial charge in [0, 0.05) is 10.4 Å². The summed E-state index contributed by atoms with van der Waals surface area (Å²) >= 11 is 5.82. The summed E-state index contributed by atoms with van der Waals surface area (Å²) in [5, 5.41) is 10.9. The summed E-state index contributed by atoms with van der Waals surface area (Å²) in [5.41, 5.74) is -0.852. The van der Waals surface area contributed by atoms with Gasteiger partial charge < -0.3 is 9.52 Å². The first-order valence-electron chi connectivity index (χ1n) is 4.84. The van der Waals surface area contributed by atoms with Crippen LogP contribution in [0.5, 0.6) is 0 Å². The van der Waals surface area contributed by atoms with Gasteiger partial charge >= 0.3 is 0 Å². The van der Waals surface area contributed by atoms with Crippen LogP contribution >= 0.6 is 11.6 Å². The van der Waals surface area contributed by atoms with Crippen LogP contribution in [0.2, 0.25) is 5.02 Å². The van der Waals surface area contributed by atoms with Gasteiger partial charge in [-0.15, -0.1) is 0 Å². The van der Waals surface area contributed by atoms with Gasteiger partial charge in [-0.3, -0.25) is 4.79 Å². The van der Waals surface area contributed by atoms with Crippen LogP contribution in [0.4, 0.5) is 0 Å². The second kappa shape index (κ2) is 3.61. The Kier molecular flexibility index (Phi) is 2.52. The van der Waals surface area contributed by atoms with Gasteiger partial charge in [-0.1, -0.05) is 11.6 Å². The molecule has 3 nitrogen and oxygen atoms in total. The second-order valence-corrected chi connectivity index (χ2v) is 4.62. The zero-order valence-corrected chi connectivity index (χ0v) is 9.71. The molecular formula is C12H11ClO3. The molecule has 0 saturated heterocycles. The normalized spacial score (nSPS) is 12.0. The molecule has 0 atom stereocenters. The average molecular weight is 239 g/mol. The van der Waals surface area contributed by atoms with Crippen molar-refractivity contribution in [2.75, 3.05) is 0 Å². The van der Waals surface area contributed by atoms with E-state index >= 15 is 0 Å². The summed E-state index contributed by atoms with van der Waals surface area (Å²) in [7, 11) is 0. The van der Waals surface area contributed by atoms with Gasteiger partial charge in [-0.2, -0.15) is 0 Å². The highest BCUT2D eigenvalue weighted by atomic mass is 35.5. The lowest BCUT2D eigenvalue weighted by atomic mass is 10.0. The molecule has 0 spiro atoms. The predicted molar refractivity (Wildman–Crippen MR) is 61.9 cm³/mol. The molecule has 4 heteroatoms. The summed E-state index contributed by atoms with van der Waals surface area (Å²) in [6.07, 6.45) is 0. The smallest absolute Gasteiger partial charge is 0.228 e. The number of rotatable bonds is 2. The van der Waals surface area contributed by atoms with Crippen molar-refractivity contribution in [1.29, 1.82) is 0 Å². The average Bonchev–Trinajstić information content (AvgIpc) is 2.57. The molecule has 2 rings (SSSR count). The van der Waals surface area contributed by atoms with Gasteiger partial charge in [0.2, 0.25) is 5.78 Å². The van der Waals surface area contributed by atoms with Crippen LogP contribution in [0.25, 0.3) is 11.0 Å². The van der Waals surface area contributed by atoms with Gasteiger partial charge in [0.1, 0.15) is 11.2 Å². The topological polar surface area (TPSA) is 50.4 Å². The number of benzene rings is 1. The first-order valence-corrected chi connectivity index (χ1v) is 5.22. The van der Waals surface area contributed by atoms with Crippen molar-refractivity contribution >= 4 is 28.4 Å². The molecule has 84 valence electrons. The minimum Gasteiger partial charge on any atom is -0.453 e. The Balaban J connectivity index is 2.52. The Morgan fingerprint density at radius 3 is 2.69 bits per heavy atom. The monoisotopic (exact) mass is 238 g/mol. The van der Waals surface area contributed by atoms with E-state index in [4.69, 9.17) is 16.0 Å². The van der Waals surface area contributed by atoms with Crippen LogP contribution in [0.1, 0.15) is 24.4 Å². The molecule has 0 saturated carbocycles. The molecule has 1 aromatic heterocycles. The lowest BCUT2D eigenvalue weighted by Crippen LogP contribution is -2.30. The molecule has 1 N–H and O–H groups in total. The van der Waals surface area contributed by atoms with E-state index < -0.39 is 11.4 Å². The Hall–Kier alpha value is -1.32. The Morgan fingerprint density at radius 1 is 1.38 bits per heavy atom. The molecule has 0 unspecified atom stereocenters. The molecule has 0 amide bonds. The Labute approximate surface area is 97.6 Å². The van der Waals surface area contributed by atoms with Gasteiger partial charge in [0.05, 0.1) is 0 Å². The summed E-state index contributed by atoms with van der Waals surface area (Å²) in [6.45, 7) is 2.85. The third-order valence-corrected chi connectivity index (χ3v) is 2.49. The maximum absolute atomic E-state index is 11.7. The van der Waals surface area contributed by atoms with Crippen LogP contribution in [-0.4, -0.2) is 16.5 Å². The number of fused-ring (bicyclic) bond motifs is 1. The van der Waals surface area contributed by atoms with E-state index in [1.165, 1.54) is 13.8 Å². The lowest BCUT2D eigenvalue weighted by Gasteiger charge is -2.12. The van der Waals surface area contributed by atoms with E-state index in [0.29, 0.717) is 10.6 Å². The number of furan rings is 1. The lowest BCUT2D eigenvalue weighted by molar-refractivity contribution is 0.0461. The zero-order chi connectivity index (χ0) is 11.9.